The Bertz CT molecular complexity index is 987. The molecule has 3 aromatic carbocycles. The quantitative estimate of drug-likeness (QED) is 0.324. The van der Waals surface area contributed by atoms with Gasteiger partial charge in [-0.05, 0) is 30.0 Å². The Morgan fingerprint density at radius 3 is 2.00 bits per heavy atom. The van der Waals surface area contributed by atoms with E-state index >= 15 is 0 Å². The van der Waals surface area contributed by atoms with Gasteiger partial charge in [0.1, 0.15) is 6.61 Å². The molecule has 4 heteroatoms. The van der Waals surface area contributed by atoms with E-state index in [1.54, 1.807) is 0 Å². The Labute approximate surface area is 172 Å². The first kappa shape index (κ1) is 20.7. The second-order valence-electron chi connectivity index (χ2n) is 6.74. The predicted octanol–water partition coefficient (Wildman–Crippen LogP) is 4.81. The van der Waals surface area contributed by atoms with E-state index in [4.69, 9.17) is 4.74 Å². The van der Waals surface area contributed by atoms with Gasteiger partial charge in [-0.1, -0.05) is 84.9 Å². The van der Waals surface area contributed by atoms with Crippen molar-refractivity contribution in [3.63, 3.8) is 0 Å². The number of hydrogen-bond donors (Lipinski definition) is 0. The van der Waals surface area contributed by atoms with Crippen molar-refractivity contribution in [2.75, 3.05) is 0 Å². The van der Waals surface area contributed by atoms with Crippen molar-refractivity contribution in [2.45, 2.75) is 20.5 Å². The minimum Gasteiger partial charge on any atom is -0.458 e. The van der Waals surface area contributed by atoms with Crippen LogP contribution in [0.4, 0.5) is 0 Å². The summed E-state index contributed by atoms with van der Waals surface area (Å²) in [6.45, 7) is 7.38. The summed E-state index contributed by atoms with van der Waals surface area (Å²) in [6, 6.07) is 23.6. The van der Waals surface area contributed by atoms with Crippen molar-refractivity contribution in [1.82, 2.24) is 0 Å². The highest BCUT2D eigenvalue weighted by Gasteiger charge is 2.27. The molecule has 0 saturated carbocycles. The third-order valence-corrected chi connectivity index (χ3v) is 6.80. The van der Waals surface area contributed by atoms with Gasteiger partial charge in [0, 0.05) is 25.1 Å². The van der Waals surface area contributed by atoms with Crippen LogP contribution in [0.3, 0.4) is 0 Å². The van der Waals surface area contributed by atoms with E-state index < -0.39 is 13.9 Å². The van der Waals surface area contributed by atoms with Crippen LogP contribution in [-0.4, -0.2) is 11.5 Å². The molecule has 0 radical (unpaired) electrons. The predicted molar refractivity (Wildman–Crippen MR) is 119 cm³/mol. The standard InChI is InChI=1S/C25H23O3P/c1-4-23(26)28-17-20-16-18(2)15-19(3)24(20)25(27)29(21-11-7-5-8-12-21)22-13-9-6-10-14-22/h4-16H,1,17H2,2-3H3. The molecule has 29 heavy (non-hydrogen) atoms. The van der Waals surface area contributed by atoms with Gasteiger partial charge in [0.15, 0.2) is 5.52 Å². The van der Waals surface area contributed by atoms with Gasteiger partial charge in [-0.3, -0.25) is 4.79 Å². The van der Waals surface area contributed by atoms with Crippen LogP contribution in [0, 0.1) is 13.8 Å². The molecule has 0 saturated heterocycles. The molecule has 0 N–H and O–H groups in total. The van der Waals surface area contributed by atoms with Crippen LogP contribution < -0.4 is 10.6 Å². The zero-order valence-electron chi connectivity index (χ0n) is 16.6. The first-order chi connectivity index (χ1) is 14.0. The lowest BCUT2D eigenvalue weighted by molar-refractivity contribution is -0.138. The summed E-state index contributed by atoms with van der Waals surface area (Å²) in [4.78, 5) is 25.5. The lowest BCUT2D eigenvalue weighted by Crippen LogP contribution is -2.20. The highest BCUT2D eigenvalue weighted by Crippen LogP contribution is 2.40. The summed E-state index contributed by atoms with van der Waals surface area (Å²) in [5, 5.41) is 1.99. The van der Waals surface area contributed by atoms with Crippen molar-refractivity contribution in [1.29, 1.82) is 0 Å². The van der Waals surface area contributed by atoms with E-state index in [2.05, 4.69) is 6.58 Å². The Morgan fingerprint density at radius 1 is 0.931 bits per heavy atom. The summed E-state index contributed by atoms with van der Waals surface area (Å²) >= 11 is 0. The van der Waals surface area contributed by atoms with Crippen LogP contribution in [0.5, 0.6) is 0 Å². The van der Waals surface area contributed by atoms with Crippen molar-refractivity contribution >= 4 is 30.0 Å². The monoisotopic (exact) mass is 402 g/mol. The van der Waals surface area contributed by atoms with Gasteiger partial charge >= 0.3 is 5.97 Å². The normalized spacial score (nSPS) is 10.6. The second-order valence-corrected chi connectivity index (χ2v) is 8.85. The van der Waals surface area contributed by atoms with Gasteiger partial charge in [-0.15, -0.1) is 0 Å². The Kier molecular flexibility index (Phi) is 6.74. The van der Waals surface area contributed by atoms with Crippen LogP contribution in [0.25, 0.3) is 0 Å². The molecular weight excluding hydrogens is 379 g/mol. The summed E-state index contributed by atoms with van der Waals surface area (Å²) < 4.78 is 5.27. The maximum Gasteiger partial charge on any atom is 0.330 e. The zero-order valence-corrected chi connectivity index (χ0v) is 17.5. The average molecular weight is 402 g/mol. The topological polar surface area (TPSA) is 43.4 Å². The summed E-state index contributed by atoms with van der Waals surface area (Å²) in [5.74, 6) is -0.504. The average Bonchev–Trinajstić information content (AvgIpc) is 2.73. The first-order valence-corrected chi connectivity index (χ1v) is 10.7. The Morgan fingerprint density at radius 2 is 1.48 bits per heavy atom. The highest BCUT2D eigenvalue weighted by atomic mass is 31.1. The van der Waals surface area contributed by atoms with E-state index in [-0.39, 0.29) is 12.1 Å². The number of esters is 1. The number of benzene rings is 3. The van der Waals surface area contributed by atoms with E-state index in [1.165, 1.54) is 0 Å². The molecule has 3 aromatic rings. The molecule has 0 aliphatic rings. The number of rotatable bonds is 7. The number of carbonyl (C=O) groups excluding carboxylic acids is 2. The van der Waals surface area contributed by atoms with Gasteiger partial charge in [0.05, 0.1) is 0 Å². The molecule has 0 aromatic heterocycles. The molecule has 0 atom stereocenters. The van der Waals surface area contributed by atoms with Crippen LogP contribution >= 0.6 is 7.92 Å². The third kappa shape index (κ3) is 4.88. The number of carbonyl (C=O) groups is 2. The van der Waals surface area contributed by atoms with Crippen LogP contribution in [0.2, 0.25) is 0 Å². The molecule has 146 valence electrons. The molecule has 0 aliphatic carbocycles. The Hall–Kier alpha value is -3.03. The van der Waals surface area contributed by atoms with Gasteiger partial charge in [-0.25, -0.2) is 4.79 Å². The van der Waals surface area contributed by atoms with Crippen molar-refractivity contribution in [3.05, 3.63) is 108 Å². The fourth-order valence-electron chi connectivity index (χ4n) is 3.33. The van der Waals surface area contributed by atoms with Crippen molar-refractivity contribution < 1.29 is 14.3 Å². The summed E-state index contributed by atoms with van der Waals surface area (Å²) in [7, 11) is -1.26. The molecule has 0 aliphatic heterocycles. The maximum absolute atomic E-state index is 13.9. The first-order valence-electron chi connectivity index (χ1n) is 9.35. The van der Waals surface area contributed by atoms with Crippen molar-refractivity contribution in [3.8, 4) is 0 Å². The van der Waals surface area contributed by atoms with Gasteiger partial charge in [-0.2, -0.15) is 0 Å². The molecule has 0 spiro atoms. The molecule has 3 nitrogen and oxygen atoms in total. The second kappa shape index (κ2) is 9.45. The highest BCUT2D eigenvalue weighted by molar-refractivity contribution is 7.88. The minimum absolute atomic E-state index is 0.0429. The third-order valence-electron chi connectivity index (χ3n) is 4.54. The zero-order chi connectivity index (χ0) is 20.8. The summed E-state index contributed by atoms with van der Waals surface area (Å²) in [5.41, 5.74) is 3.32. The largest absolute Gasteiger partial charge is 0.458 e. The van der Waals surface area contributed by atoms with E-state index in [9.17, 15) is 9.59 Å². The molecule has 0 amide bonds. The van der Waals surface area contributed by atoms with Crippen LogP contribution in [0.15, 0.2) is 85.5 Å². The lowest BCUT2D eigenvalue weighted by atomic mass is 10.00. The van der Waals surface area contributed by atoms with Gasteiger partial charge < -0.3 is 4.74 Å². The fourth-order valence-corrected chi connectivity index (χ4v) is 5.58. The fraction of sp³-hybridized carbons (Fsp3) is 0.120. The Balaban J connectivity index is 2.10. The van der Waals surface area contributed by atoms with Gasteiger partial charge in [0.2, 0.25) is 0 Å². The SMILES string of the molecule is C=CC(=O)OCc1cc(C)cc(C)c1C(=O)P(c1ccccc1)c1ccccc1. The molecule has 3 rings (SSSR count). The van der Waals surface area contributed by atoms with Crippen LogP contribution in [-0.2, 0) is 16.1 Å². The molecule has 0 fully saturated rings. The minimum atomic E-state index is -1.26. The van der Waals surface area contributed by atoms with Gasteiger partial charge in [0.25, 0.3) is 0 Å². The molecule has 0 unspecified atom stereocenters. The summed E-state index contributed by atoms with van der Waals surface area (Å²) in [6.07, 6.45) is 1.13. The van der Waals surface area contributed by atoms with E-state index in [0.717, 1.165) is 33.4 Å². The number of aryl methyl sites for hydroxylation is 2. The number of ether oxygens (including phenoxy) is 1. The number of hydrogen-bond acceptors (Lipinski definition) is 3. The molecule has 0 bridgehead atoms. The maximum atomic E-state index is 13.9. The van der Waals surface area contributed by atoms with Crippen LogP contribution in [0.1, 0.15) is 27.0 Å². The van der Waals surface area contributed by atoms with E-state index in [1.807, 2.05) is 86.6 Å². The molecule has 0 heterocycles. The van der Waals surface area contributed by atoms with Crippen molar-refractivity contribution in [2.24, 2.45) is 0 Å². The lowest BCUT2D eigenvalue weighted by Gasteiger charge is -2.21. The smallest absolute Gasteiger partial charge is 0.330 e. The van der Waals surface area contributed by atoms with E-state index in [0.29, 0.717) is 5.56 Å². The molecular formula is C25H23O3P.